The smallest absolute Gasteiger partial charge is 0.258 e. The highest BCUT2D eigenvalue weighted by atomic mass is 16.3. The van der Waals surface area contributed by atoms with Gasteiger partial charge in [-0.05, 0) is 69.4 Å². The Morgan fingerprint density at radius 2 is 2.08 bits per heavy atom. The van der Waals surface area contributed by atoms with Crippen molar-refractivity contribution in [2.75, 3.05) is 19.6 Å². The lowest BCUT2D eigenvalue weighted by Gasteiger charge is -2.40. The van der Waals surface area contributed by atoms with Crippen LogP contribution in [0.2, 0.25) is 0 Å². The number of hydrogen-bond donors (Lipinski definition) is 2. The first-order valence-corrected chi connectivity index (χ1v) is 13.3. The molecule has 2 N–H and O–H groups in total. The maximum Gasteiger partial charge on any atom is 0.258 e. The van der Waals surface area contributed by atoms with Gasteiger partial charge in [0, 0.05) is 43.3 Å². The molecule has 10 heteroatoms. The van der Waals surface area contributed by atoms with E-state index in [1.54, 1.807) is 29.2 Å². The second kappa shape index (κ2) is 10.1. The molecular weight excluding hydrogens is 468 g/mol. The summed E-state index contributed by atoms with van der Waals surface area (Å²) in [6.45, 7) is 5.06. The molecular formula is C27H34N8O2. The van der Waals surface area contributed by atoms with Crippen molar-refractivity contribution in [3.63, 3.8) is 0 Å². The van der Waals surface area contributed by atoms with E-state index in [-0.39, 0.29) is 11.7 Å². The highest BCUT2D eigenvalue weighted by Gasteiger charge is 2.27. The standard InChI is InChI=1S/C27H34N8O2/c1-19(35-18-24(30-31-35)23-15-27(37)34-12-3-2-9-25(34)29-23)33-13-10-22(14-26(33)36)32-11-5-8-21(17-32)28-16-20-6-4-7-20/h2-3,9-10,12-15,18-21,26,28,36H,4-8,11,16-17H2,1H3/t19?,21-,26?/m1/s1. The van der Waals surface area contributed by atoms with Crippen LogP contribution in [0.15, 0.2) is 65.5 Å². The maximum atomic E-state index is 12.5. The number of nitrogens with one attached hydrogen (secondary N) is 1. The SMILES string of the molecule is CC(N1C=CC(N2CCC[C@@H](NCC3CCC3)C2)=CC1O)n1cc(-c2cc(=O)n3ccccc3n2)nn1. The van der Waals surface area contributed by atoms with Crippen LogP contribution in [0, 0.1) is 5.92 Å². The Hall–Kier alpha value is -3.50. The van der Waals surface area contributed by atoms with Gasteiger partial charge >= 0.3 is 0 Å². The van der Waals surface area contributed by atoms with Crippen molar-refractivity contribution in [3.05, 3.63) is 71.1 Å². The average molecular weight is 503 g/mol. The summed E-state index contributed by atoms with van der Waals surface area (Å²) in [5, 5.41) is 23.3. The number of pyridine rings is 1. The zero-order chi connectivity index (χ0) is 25.4. The van der Waals surface area contributed by atoms with Gasteiger partial charge in [-0.15, -0.1) is 5.10 Å². The molecule has 1 saturated carbocycles. The summed E-state index contributed by atoms with van der Waals surface area (Å²) in [5.74, 6) is 0.858. The Balaban J connectivity index is 1.12. The summed E-state index contributed by atoms with van der Waals surface area (Å²) in [4.78, 5) is 21.2. The van der Waals surface area contributed by atoms with Crippen molar-refractivity contribution >= 4 is 5.65 Å². The fraction of sp³-hybridized carbons (Fsp3) is 0.481. The molecule has 2 fully saturated rings. The van der Waals surface area contributed by atoms with Crippen LogP contribution in [-0.4, -0.2) is 71.2 Å². The van der Waals surface area contributed by atoms with Crippen LogP contribution < -0.4 is 10.9 Å². The van der Waals surface area contributed by atoms with Crippen molar-refractivity contribution in [2.24, 2.45) is 5.92 Å². The minimum Gasteiger partial charge on any atom is -0.370 e. The number of piperidine rings is 1. The van der Waals surface area contributed by atoms with Crippen LogP contribution in [0.3, 0.4) is 0 Å². The highest BCUT2D eigenvalue weighted by Crippen LogP contribution is 2.27. The Kier molecular flexibility index (Phi) is 6.52. The summed E-state index contributed by atoms with van der Waals surface area (Å²) in [5.41, 5.74) is 2.42. The van der Waals surface area contributed by atoms with Gasteiger partial charge in [-0.1, -0.05) is 17.7 Å². The van der Waals surface area contributed by atoms with Crippen LogP contribution in [0.4, 0.5) is 0 Å². The first-order chi connectivity index (χ1) is 18.0. The second-order valence-corrected chi connectivity index (χ2v) is 10.4. The Morgan fingerprint density at radius 1 is 1.19 bits per heavy atom. The predicted molar refractivity (Wildman–Crippen MR) is 140 cm³/mol. The van der Waals surface area contributed by atoms with Gasteiger partial charge in [-0.25, -0.2) is 9.67 Å². The molecule has 0 radical (unpaired) electrons. The summed E-state index contributed by atoms with van der Waals surface area (Å²) in [7, 11) is 0. The number of allylic oxidation sites excluding steroid dienone is 1. The third kappa shape index (κ3) is 4.91. The van der Waals surface area contributed by atoms with Crippen molar-refractivity contribution in [1.82, 2.24) is 39.5 Å². The van der Waals surface area contributed by atoms with Crippen molar-refractivity contribution in [3.8, 4) is 11.4 Å². The van der Waals surface area contributed by atoms with Crippen molar-refractivity contribution in [2.45, 2.75) is 57.5 Å². The number of aromatic nitrogens is 5. The van der Waals surface area contributed by atoms with Crippen LogP contribution in [0.1, 0.15) is 45.2 Å². The normalized spacial score (nSPS) is 23.2. The molecule has 0 bridgehead atoms. The van der Waals surface area contributed by atoms with Crippen LogP contribution >= 0.6 is 0 Å². The highest BCUT2D eigenvalue weighted by molar-refractivity contribution is 5.56. The molecule has 3 aromatic heterocycles. The predicted octanol–water partition coefficient (Wildman–Crippen LogP) is 2.36. The van der Waals surface area contributed by atoms with Crippen LogP contribution in [0.25, 0.3) is 17.0 Å². The van der Waals surface area contributed by atoms with E-state index < -0.39 is 6.23 Å². The number of hydrogen-bond acceptors (Lipinski definition) is 8. The molecule has 3 aromatic rings. The molecule has 3 atom stereocenters. The first-order valence-electron chi connectivity index (χ1n) is 13.3. The third-order valence-corrected chi connectivity index (χ3v) is 7.91. The zero-order valence-electron chi connectivity index (χ0n) is 21.1. The van der Waals surface area contributed by atoms with Gasteiger partial charge < -0.3 is 20.2 Å². The molecule has 2 unspecified atom stereocenters. The minimum atomic E-state index is -0.783. The van der Waals surface area contributed by atoms with Crippen molar-refractivity contribution < 1.29 is 5.11 Å². The molecule has 6 rings (SSSR count). The number of aliphatic hydroxyl groups is 1. The quantitative estimate of drug-likeness (QED) is 0.508. The van der Waals surface area contributed by atoms with Gasteiger partial charge in [0.05, 0.1) is 6.20 Å². The molecule has 3 aliphatic rings. The molecule has 1 saturated heterocycles. The molecule has 10 nitrogen and oxygen atoms in total. The molecule has 0 spiro atoms. The summed E-state index contributed by atoms with van der Waals surface area (Å²) in [6, 6.07) is 7.38. The fourth-order valence-electron chi connectivity index (χ4n) is 5.41. The number of nitrogens with zero attached hydrogens (tertiary/aromatic N) is 7. The number of aliphatic hydroxyl groups excluding tert-OH is 1. The molecule has 5 heterocycles. The van der Waals surface area contributed by atoms with Crippen molar-refractivity contribution in [1.29, 1.82) is 0 Å². The fourth-order valence-corrected chi connectivity index (χ4v) is 5.41. The molecule has 1 aliphatic carbocycles. The number of likely N-dealkylation sites (tertiary alicyclic amines) is 1. The van der Waals surface area contributed by atoms with E-state index >= 15 is 0 Å². The molecule has 0 amide bonds. The van der Waals surface area contributed by atoms with E-state index in [0.717, 1.165) is 37.7 Å². The van der Waals surface area contributed by atoms with Gasteiger partial charge in [-0.2, -0.15) is 0 Å². The van der Waals surface area contributed by atoms with E-state index in [0.29, 0.717) is 23.1 Å². The topological polar surface area (TPSA) is 104 Å². The van der Waals surface area contributed by atoms with Gasteiger partial charge in [0.15, 0.2) is 0 Å². The van der Waals surface area contributed by atoms with Crippen LogP contribution in [-0.2, 0) is 0 Å². The van der Waals surface area contributed by atoms with Gasteiger partial charge in [-0.3, -0.25) is 9.20 Å². The number of rotatable bonds is 7. The van der Waals surface area contributed by atoms with E-state index in [9.17, 15) is 9.90 Å². The Morgan fingerprint density at radius 3 is 2.89 bits per heavy atom. The van der Waals surface area contributed by atoms with E-state index in [1.807, 2.05) is 30.2 Å². The summed E-state index contributed by atoms with van der Waals surface area (Å²) in [6.07, 6.45) is 14.8. The zero-order valence-corrected chi connectivity index (χ0v) is 21.1. The van der Waals surface area contributed by atoms with E-state index in [1.165, 1.54) is 36.2 Å². The lowest BCUT2D eigenvalue weighted by molar-refractivity contribution is 0.0202. The lowest BCUT2D eigenvalue weighted by Crippen LogP contribution is -2.47. The Labute approximate surface area is 215 Å². The number of fused-ring (bicyclic) bond motifs is 1. The monoisotopic (exact) mass is 502 g/mol. The first kappa shape index (κ1) is 23.9. The van der Waals surface area contributed by atoms with Gasteiger partial charge in [0.25, 0.3) is 5.56 Å². The largest absolute Gasteiger partial charge is 0.370 e. The van der Waals surface area contributed by atoms with E-state index in [2.05, 4.69) is 31.6 Å². The molecule has 37 heavy (non-hydrogen) atoms. The van der Waals surface area contributed by atoms with E-state index in [4.69, 9.17) is 0 Å². The second-order valence-electron chi connectivity index (χ2n) is 10.4. The Bertz CT molecular complexity index is 1370. The molecule has 2 aliphatic heterocycles. The lowest BCUT2D eigenvalue weighted by atomic mass is 9.85. The van der Waals surface area contributed by atoms with Gasteiger partial charge in [0.2, 0.25) is 0 Å². The molecule has 194 valence electrons. The van der Waals surface area contributed by atoms with Gasteiger partial charge in [0.1, 0.15) is 29.4 Å². The van der Waals surface area contributed by atoms with Crippen LogP contribution in [0.5, 0.6) is 0 Å². The minimum absolute atomic E-state index is 0.173. The average Bonchev–Trinajstić information content (AvgIpc) is 3.38. The third-order valence-electron chi connectivity index (χ3n) is 7.91. The summed E-state index contributed by atoms with van der Waals surface area (Å²) >= 11 is 0. The molecule has 0 aromatic carbocycles. The maximum absolute atomic E-state index is 12.5. The summed E-state index contributed by atoms with van der Waals surface area (Å²) < 4.78 is 3.17.